The third-order valence-corrected chi connectivity index (χ3v) is 15.2. The number of aromatic nitrogens is 2. The Kier molecular flexibility index (Phi) is 34.3. The Bertz CT molecular complexity index is 2600. The van der Waals surface area contributed by atoms with Gasteiger partial charge in [-0.05, 0) is 99.7 Å². The van der Waals surface area contributed by atoms with Crippen LogP contribution in [0.1, 0.15) is 150 Å². The van der Waals surface area contributed by atoms with Crippen LogP contribution in [0.2, 0.25) is 0 Å². The molecule has 0 bridgehead atoms. The second-order valence-electron chi connectivity index (χ2n) is 23.5. The second kappa shape index (κ2) is 39.7. The Morgan fingerprint density at radius 3 is 1.43 bits per heavy atom. The van der Waals surface area contributed by atoms with Gasteiger partial charge in [0.25, 0.3) is 0 Å². The largest absolute Gasteiger partial charge is 0.508 e. The van der Waals surface area contributed by atoms with Crippen molar-refractivity contribution in [3.63, 3.8) is 0 Å². The summed E-state index contributed by atoms with van der Waals surface area (Å²) in [7, 11) is 0. The van der Waals surface area contributed by atoms with Crippen molar-refractivity contribution in [2.24, 2.45) is 102 Å². The highest BCUT2D eigenvalue weighted by atomic mass is 16.3. The van der Waals surface area contributed by atoms with Crippen LogP contribution in [-0.2, 0) is 56.0 Å². The van der Waals surface area contributed by atoms with Crippen LogP contribution >= 0.6 is 0 Å². The fourth-order valence-electron chi connectivity index (χ4n) is 10.1. The van der Waals surface area contributed by atoms with Gasteiger partial charge in [0, 0.05) is 87.3 Å². The van der Waals surface area contributed by atoms with Gasteiger partial charge in [0.2, 0.25) is 29.5 Å². The fourth-order valence-corrected chi connectivity index (χ4v) is 10.1. The molecule has 27 nitrogen and oxygen atoms in total. The number of hydrogen-bond acceptors (Lipinski definition) is 15. The van der Waals surface area contributed by atoms with E-state index in [1.165, 1.54) is 24.7 Å². The first-order valence-corrected chi connectivity index (χ1v) is 30.2. The average Bonchev–Trinajstić information content (AvgIpc) is 3.38. The zero-order valence-electron chi connectivity index (χ0n) is 51.9. The Labute approximate surface area is 511 Å². The van der Waals surface area contributed by atoms with Crippen LogP contribution in [0.3, 0.4) is 0 Å². The standard InChI is InChI=1S/C60H100N16O11/c1-8-36(7)44(53(61)83)30-52(82)48(32-77)76-56(86)40(23-34(3)4)28-51(81)47(24-35(5)6)75-55(85)39(13-10-20-69-58(62)63)27-49(79)45(14-11-21-70-59(64)65)74-57(87)41(26-42-31-68-33-72-42)29-50(80)46(15-12-22-71-60(66)67)73-54(84)38(9-2)25-37-16-18-43(78)19-17-37/h16-19,31,33-36,38-41,44-48,77-78H,8-15,20-30,32H2,1-7H3,(H2,61,83)(H,68,72)(H,73,84)(H,74,87)(H,75,85)(H,76,86)(H4,62,63,69)(H4,64,65,70)(H4,66,67,71)/t36-,38-,39+,40+,41+,44-,45-,46-,47+,48-/m0/s1. The fraction of sp³-hybridized carbons (Fsp3) is 0.650. The zero-order chi connectivity index (χ0) is 65.3. The van der Waals surface area contributed by atoms with E-state index in [0.29, 0.717) is 25.0 Å². The minimum absolute atomic E-state index is 0.0165. The number of carbonyl (C=O) groups is 9. The predicted octanol–water partition coefficient (Wildman–Crippen LogP) is 0.944. The van der Waals surface area contributed by atoms with Crippen molar-refractivity contribution in [2.45, 2.75) is 175 Å². The molecule has 0 radical (unpaired) electrons. The maximum absolute atomic E-state index is 14.8. The van der Waals surface area contributed by atoms with Crippen LogP contribution in [0.15, 0.2) is 51.8 Å². The number of nitrogens with zero attached hydrogens (tertiary/aromatic N) is 4. The molecule has 0 aliphatic rings. The van der Waals surface area contributed by atoms with E-state index in [1.54, 1.807) is 19.1 Å². The van der Waals surface area contributed by atoms with Gasteiger partial charge >= 0.3 is 0 Å². The average molecular weight is 1220 g/mol. The van der Waals surface area contributed by atoms with Crippen LogP contribution < -0.4 is 61.4 Å². The number of benzene rings is 1. The molecule has 0 saturated heterocycles. The number of aliphatic hydroxyl groups is 1. The van der Waals surface area contributed by atoms with E-state index in [1.807, 2.05) is 41.5 Å². The molecule has 2 rings (SSSR count). The number of Topliss-reactive ketones (excluding diaryl/α,β-unsaturated/α-hetero) is 4. The highest BCUT2D eigenvalue weighted by Crippen LogP contribution is 2.25. The van der Waals surface area contributed by atoms with Gasteiger partial charge in [-0.3, -0.25) is 58.1 Å². The van der Waals surface area contributed by atoms with Gasteiger partial charge in [-0.2, -0.15) is 0 Å². The Morgan fingerprint density at radius 2 is 0.966 bits per heavy atom. The third-order valence-electron chi connectivity index (χ3n) is 15.2. The van der Waals surface area contributed by atoms with Gasteiger partial charge in [0.05, 0.1) is 37.0 Å². The summed E-state index contributed by atoms with van der Waals surface area (Å²) in [6.45, 7) is 12.4. The van der Waals surface area contributed by atoms with Crippen LogP contribution in [0.5, 0.6) is 5.75 Å². The van der Waals surface area contributed by atoms with E-state index in [0.717, 1.165) is 5.56 Å². The number of carbonyl (C=O) groups excluding carboxylic acids is 9. The number of phenols is 1. The van der Waals surface area contributed by atoms with Crippen molar-refractivity contribution in [3.05, 3.63) is 48.0 Å². The number of amides is 5. The van der Waals surface area contributed by atoms with E-state index < -0.39 is 126 Å². The normalized spacial score (nSPS) is 14.7. The van der Waals surface area contributed by atoms with Crippen molar-refractivity contribution >= 4 is 70.5 Å². The molecule has 1 aromatic heterocycles. The van der Waals surface area contributed by atoms with Gasteiger partial charge < -0.3 is 76.6 Å². The van der Waals surface area contributed by atoms with E-state index in [2.05, 4.69) is 46.2 Å². The molecule has 0 unspecified atom stereocenters. The molecule has 1 aromatic carbocycles. The maximum atomic E-state index is 14.8. The summed E-state index contributed by atoms with van der Waals surface area (Å²) in [5, 5.41) is 31.3. The Hall–Kier alpha value is -7.97. The SMILES string of the molecule is CC[C@@H](Cc1ccc(O)cc1)C(=O)N[C@@H](CCCN=C(N)N)C(=O)C[C@@H](Cc1cnc[nH]1)C(=O)N[C@@H](CCCN=C(N)N)C(=O)C[C@@H](CCCN=C(N)N)C(=O)N[C@H](CC(C)C)C(=O)C[C@@H](CC(C)C)C(=O)N[C@@H](CO)C(=O)C[C@H](C(N)=O)[C@@H](C)CC. The van der Waals surface area contributed by atoms with Crippen LogP contribution in [0.4, 0.5) is 0 Å². The predicted molar refractivity (Wildman–Crippen MR) is 332 cm³/mol. The first-order chi connectivity index (χ1) is 41.1. The number of hydrogen-bond donors (Lipinski definition) is 14. The number of imidazole rings is 1. The van der Waals surface area contributed by atoms with Gasteiger partial charge in [-0.1, -0.05) is 67.0 Å². The molecule has 486 valence electrons. The number of nitrogens with two attached hydrogens (primary N) is 7. The monoisotopic (exact) mass is 1220 g/mol. The van der Waals surface area contributed by atoms with Crippen molar-refractivity contribution < 1.29 is 53.4 Å². The maximum Gasteiger partial charge on any atom is 0.224 e. The summed E-state index contributed by atoms with van der Waals surface area (Å²) in [5.41, 5.74) is 40.5. The smallest absolute Gasteiger partial charge is 0.224 e. The lowest BCUT2D eigenvalue weighted by molar-refractivity contribution is -0.136. The second-order valence-corrected chi connectivity index (χ2v) is 23.5. The summed E-state index contributed by atoms with van der Waals surface area (Å²) < 4.78 is 0. The molecule has 0 aliphatic carbocycles. The number of nitrogens with one attached hydrogen (secondary N) is 5. The summed E-state index contributed by atoms with van der Waals surface area (Å²) in [5.74, 6) is -11.0. The quantitative estimate of drug-likeness (QED) is 0.0249. The number of aliphatic hydroxyl groups excluding tert-OH is 1. The first kappa shape index (κ1) is 75.1. The van der Waals surface area contributed by atoms with E-state index in [9.17, 15) is 53.4 Å². The molecule has 0 spiro atoms. The summed E-state index contributed by atoms with van der Waals surface area (Å²) in [6, 6.07) is 1.56. The molecule has 10 atom stereocenters. The third kappa shape index (κ3) is 29.3. The number of aromatic amines is 1. The lowest BCUT2D eigenvalue weighted by Gasteiger charge is -2.27. The Morgan fingerprint density at radius 1 is 0.529 bits per heavy atom. The lowest BCUT2D eigenvalue weighted by Crippen LogP contribution is -2.50. The zero-order valence-corrected chi connectivity index (χ0v) is 51.9. The van der Waals surface area contributed by atoms with E-state index in [-0.39, 0.29) is 132 Å². The minimum atomic E-state index is -1.38. The highest BCUT2D eigenvalue weighted by molar-refractivity contribution is 5.98. The molecule has 27 heteroatoms. The highest BCUT2D eigenvalue weighted by Gasteiger charge is 2.37. The number of ketones is 4. The van der Waals surface area contributed by atoms with Crippen molar-refractivity contribution in [3.8, 4) is 5.75 Å². The van der Waals surface area contributed by atoms with Gasteiger partial charge in [-0.25, -0.2) is 4.98 Å². The van der Waals surface area contributed by atoms with E-state index >= 15 is 0 Å². The molecule has 5 amide bonds. The number of rotatable bonds is 45. The molecule has 21 N–H and O–H groups in total. The number of phenolic OH excluding ortho intramolecular Hbond substituents is 1. The van der Waals surface area contributed by atoms with Gasteiger partial charge in [0.1, 0.15) is 11.8 Å². The molecule has 0 fully saturated rings. The number of guanidine groups is 3. The van der Waals surface area contributed by atoms with Crippen LogP contribution in [0, 0.1) is 47.3 Å². The minimum Gasteiger partial charge on any atom is -0.508 e. The first-order valence-electron chi connectivity index (χ1n) is 30.2. The number of aromatic hydroxyl groups is 1. The van der Waals surface area contributed by atoms with Crippen LogP contribution in [0.25, 0.3) is 0 Å². The summed E-state index contributed by atoms with van der Waals surface area (Å²) in [4.78, 5) is 146. The molecule has 87 heavy (non-hydrogen) atoms. The number of primary amides is 1. The van der Waals surface area contributed by atoms with Crippen LogP contribution in [-0.4, -0.2) is 141 Å². The van der Waals surface area contributed by atoms with Crippen molar-refractivity contribution in [1.82, 2.24) is 31.2 Å². The molecule has 0 aliphatic heterocycles. The summed E-state index contributed by atoms with van der Waals surface area (Å²) >= 11 is 0. The molecular weight excluding hydrogens is 1120 g/mol. The summed E-state index contributed by atoms with van der Waals surface area (Å²) in [6.07, 6.45) is 3.74. The van der Waals surface area contributed by atoms with Crippen molar-refractivity contribution in [1.29, 1.82) is 0 Å². The Balaban J connectivity index is 2.57. The molecule has 2 aromatic rings. The van der Waals surface area contributed by atoms with Crippen molar-refractivity contribution in [2.75, 3.05) is 26.2 Å². The van der Waals surface area contributed by atoms with E-state index in [4.69, 9.17) is 40.1 Å². The number of aliphatic imine (C=N–C) groups is 3. The molecule has 0 saturated carbocycles. The van der Waals surface area contributed by atoms with Gasteiger partial charge in [0.15, 0.2) is 41.0 Å². The topological polar surface area (TPSA) is 490 Å². The lowest BCUT2D eigenvalue weighted by atomic mass is 9.85. The molecular formula is C60H100N16O11. The molecule has 1 heterocycles. The van der Waals surface area contributed by atoms with Gasteiger partial charge in [-0.15, -0.1) is 0 Å². The number of H-pyrrole nitrogens is 1.